The van der Waals surface area contributed by atoms with E-state index in [9.17, 15) is 4.39 Å². The second-order valence-corrected chi connectivity index (χ2v) is 5.73. The second-order valence-electron chi connectivity index (χ2n) is 4.75. The molecule has 0 amide bonds. The van der Waals surface area contributed by atoms with E-state index in [1.807, 2.05) is 13.0 Å². The van der Waals surface area contributed by atoms with Crippen molar-refractivity contribution in [3.05, 3.63) is 57.5 Å². The summed E-state index contributed by atoms with van der Waals surface area (Å²) in [7, 11) is 0. The van der Waals surface area contributed by atoms with Gasteiger partial charge in [-0.2, -0.15) is 0 Å². The highest BCUT2D eigenvalue weighted by molar-refractivity contribution is 7.10. The molecule has 2 rings (SSSR count). The fourth-order valence-electron chi connectivity index (χ4n) is 2.26. The third kappa shape index (κ3) is 3.88. The SMILES string of the molecule is CCC(NCCc1ccc(F)cc1C)c1cccs1. The Labute approximate surface area is 118 Å². The van der Waals surface area contributed by atoms with Crippen LogP contribution in [0, 0.1) is 12.7 Å². The molecule has 102 valence electrons. The Morgan fingerprint density at radius 3 is 2.79 bits per heavy atom. The minimum Gasteiger partial charge on any atom is -0.309 e. The summed E-state index contributed by atoms with van der Waals surface area (Å²) in [5.74, 6) is -0.153. The van der Waals surface area contributed by atoms with Crippen LogP contribution in [0.15, 0.2) is 35.7 Å². The van der Waals surface area contributed by atoms with E-state index in [2.05, 4.69) is 29.8 Å². The predicted molar refractivity (Wildman–Crippen MR) is 80.2 cm³/mol. The van der Waals surface area contributed by atoms with E-state index in [0.29, 0.717) is 6.04 Å². The van der Waals surface area contributed by atoms with Gasteiger partial charge in [-0.15, -0.1) is 11.3 Å². The van der Waals surface area contributed by atoms with Crippen molar-refractivity contribution >= 4 is 11.3 Å². The summed E-state index contributed by atoms with van der Waals surface area (Å²) in [6, 6.07) is 9.73. The molecule has 1 N–H and O–H groups in total. The molecule has 0 fully saturated rings. The van der Waals surface area contributed by atoms with Crippen molar-refractivity contribution < 1.29 is 4.39 Å². The molecule has 0 bridgehead atoms. The Morgan fingerprint density at radius 2 is 2.16 bits per heavy atom. The molecule has 0 radical (unpaired) electrons. The van der Waals surface area contributed by atoms with Crippen molar-refractivity contribution in [2.45, 2.75) is 32.7 Å². The monoisotopic (exact) mass is 277 g/mol. The first-order valence-corrected chi connectivity index (χ1v) is 7.60. The number of aryl methyl sites for hydroxylation is 1. The topological polar surface area (TPSA) is 12.0 Å². The van der Waals surface area contributed by atoms with Gasteiger partial charge < -0.3 is 5.32 Å². The lowest BCUT2D eigenvalue weighted by Crippen LogP contribution is -2.22. The van der Waals surface area contributed by atoms with Crippen LogP contribution in [0.1, 0.15) is 35.4 Å². The molecule has 0 aliphatic heterocycles. The fourth-order valence-corrected chi connectivity index (χ4v) is 3.14. The van der Waals surface area contributed by atoms with Crippen LogP contribution in [-0.4, -0.2) is 6.54 Å². The summed E-state index contributed by atoms with van der Waals surface area (Å²) >= 11 is 1.79. The van der Waals surface area contributed by atoms with Gasteiger partial charge in [0.05, 0.1) is 0 Å². The molecule has 1 atom stereocenters. The smallest absolute Gasteiger partial charge is 0.123 e. The van der Waals surface area contributed by atoms with Crippen molar-refractivity contribution in [3.8, 4) is 0 Å². The number of hydrogen-bond donors (Lipinski definition) is 1. The molecule has 1 aromatic heterocycles. The molecule has 0 aliphatic rings. The van der Waals surface area contributed by atoms with E-state index < -0.39 is 0 Å². The van der Waals surface area contributed by atoms with Gasteiger partial charge in [0.25, 0.3) is 0 Å². The van der Waals surface area contributed by atoms with E-state index in [0.717, 1.165) is 24.9 Å². The highest BCUT2D eigenvalue weighted by Crippen LogP contribution is 2.21. The van der Waals surface area contributed by atoms with E-state index in [1.165, 1.54) is 10.4 Å². The van der Waals surface area contributed by atoms with Crippen LogP contribution in [0.25, 0.3) is 0 Å². The first kappa shape index (κ1) is 14.2. The number of benzene rings is 1. The summed E-state index contributed by atoms with van der Waals surface area (Å²) < 4.78 is 13.0. The Bertz CT molecular complexity index is 507. The van der Waals surface area contributed by atoms with Crippen molar-refractivity contribution in [1.82, 2.24) is 5.32 Å². The molecular formula is C16H20FNS. The van der Waals surface area contributed by atoms with Crippen molar-refractivity contribution in [3.63, 3.8) is 0 Å². The van der Waals surface area contributed by atoms with E-state index in [-0.39, 0.29) is 5.82 Å². The zero-order valence-corrected chi connectivity index (χ0v) is 12.3. The summed E-state index contributed by atoms with van der Waals surface area (Å²) in [4.78, 5) is 1.39. The Balaban J connectivity index is 1.89. The van der Waals surface area contributed by atoms with Crippen molar-refractivity contribution in [1.29, 1.82) is 0 Å². The molecule has 0 saturated carbocycles. The standard InChI is InChI=1S/C16H20FNS/c1-3-15(16-5-4-10-19-16)18-9-8-13-6-7-14(17)11-12(13)2/h4-7,10-11,15,18H,3,8-9H2,1-2H3. The van der Waals surface area contributed by atoms with Crippen molar-refractivity contribution in [2.75, 3.05) is 6.54 Å². The largest absolute Gasteiger partial charge is 0.309 e. The third-order valence-corrected chi connectivity index (χ3v) is 4.37. The van der Waals surface area contributed by atoms with Crippen LogP contribution in [0.2, 0.25) is 0 Å². The van der Waals surface area contributed by atoms with Crippen LogP contribution in [0.4, 0.5) is 4.39 Å². The molecule has 3 heteroatoms. The van der Waals surface area contributed by atoms with Crippen LogP contribution in [0.3, 0.4) is 0 Å². The Kier molecular flexibility index (Phi) is 5.11. The van der Waals surface area contributed by atoms with Gasteiger partial charge in [-0.25, -0.2) is 4.39 Å². The fraction of sp³-hybridized carbons (Fsp3) is 0.375. The highest BCUT2D eigenvalue weighted by atomic mass is 32.1. The molecule has 0 aliphatic carbocycles. The Hall–Kier alpha value is -1.19. The molecular weight excluding hydrogens is 257 g/mol. The minimum atomic E-state index is -0.153. The summed E-state index contributed by atoms with van der Waals surface area (Å²) in [6.07, 6.45) is 2.02. The number of nitrogens with one attached hydrogen (secondary N) is 1. The number of thiophene rings is 1. The highest BCUT2D eigenvalue weighted by Gasteiger charge is 2.09. The average Bonchev–Trinajstić information content (AvgIpc) is 2.90. The van der Waals surface area contributed by atoms with Gasteiger partial charge in [-0.05, 0) is 61.0 Å². The summed E-state index contributed by atoms with van der Waals surface area (Å²) in [5.41, 5.74) is 2.25. The molecule has 2 aromatic rings. The van der Waals surface area contributed by atoms with Crippen LogP contribution in [-0.2, 0) is 6.42 Å². The van der Waals surface area contributed by atoms with E-state index >= 15 is 0 Å². The van der Waals surface area contributed by atoms with Gasteiger partial charge in [0, 0.05) is 10.9 Å². The Morgan fingerprint density at radius 1 is 1.32 bits per heavy atom. The molecule has 1 aromatic carbocycles. The van der Waals surface area contributed by atoms with Gasteiger partial charge in [0.2, 0.25) is 0 Å². The second kappa shape index (κ2) is 6.83. The van der Waals surface area contributed by atoms with Gasteiger partial charge in [-0.3, -0.25) is 0 Å². The van der Waals surface area contributed by atoms with Crippen LogP contribution < -0.4 is 5.32 Å². The summed E-state index contributed by atoms with van der Waals surface area (Å²) in [5, 5.41) is 5.69. The quantitative estimate of drug-likeness (QED) is 0.821. The molecule has 1 unspecified atom stereocenters. The first-order valence-electron chi connectivity index (χ1n) is 6.72. The number of rotatable bonds is 6. The van der Waals surface area contributed by atoms with E-state index in [1.54, 1.807) is 23.5 Å². The van der Waals surface area contributed by atoms with Gasteiger partial charge in [-0.1, -0.05) is 19.1 Å². The molecule has 1 nitrogen and oxygen atoms in total. The minimum absolute atomic E-state index is 0.153. The van der Waals surface area contributed by atoms with E-state index in [4.69, 9.17) is 0 Å². The van der Waals surface area contributed by atoms with Gasteiger partial charge >= 0.3 is 0 Å². The van der Waals surface area contributed by atoms with Gasteiger partial charge in [0.1, 0.15) is 5.82 Å². The van der Waals surface area contributed by atoms with Crippen molar-refractivity contribution in [2.24, 2.45) is 0 Å². The maximum absolute atomic E-state index is 13.0. The third-order valence-electron chi connectivity index (χ3n) is 3.38. The molecule has 1 heterocycles. The molecule has 0 spiro atoms. The lowest BCUT2D eigenvalue weighted by atomic mass is 10.1. The predicted octanol–water partition coefficient (Wildman–Crippen LogP) is 4.48. The zero-order chi connectivity index (χ0) is 13.7. The number of hydrogen-bond acceptors (Lipinski definition) is 2. The molecule has 0 saturated heterocycles. The zero-order valence-electron chi connectivity index (χ0n) is 11.4. The normalized spacial score (nSPS) is 12.6. The summed E-state index contributed by atoms with van der Waals surface area (Å²) in [6.45, 7) is 5.08. The lowest BCUT2D eigenvalue weighted by Gasteiger charge is -2.16. The first-order chi connectivity index (χ1) is 9.20. The van der Waals surface area contributed by atoms with Gasteiger partial charge in [0.15, 0.2) is 0 Å². The van der Waals surface area contributed by atoms with Crippen LogP contribution in [0.5, 0.6) is 0 Å². The average molecular weight is 277 g/mol. The molecule has 19 heavy (non-hydrogen) atoms. The lowest BCUT2D eigenvalue weighted by molar-refractivity contribution is 0.529. The van der Waals surface area contributed by atoms with Crippen LogP contribution >= 0.6 is 11.3 Å². The number of halogens is 1. The maximum Gasteiger partial charge on any atom is 0.123 e. The maximum atomic E-state index is 13.0.